The number of hydrazine groups is 1. The lowest BCUT2D eigenvalue weighted by Crippen LogP contribution is -2.44. The van der Waals surface area contributed by atoms with Gasteiger partial charge in [-0.05, 0) is 25.0 Å². The quantitative estimate of drug-likeness (QED) is 0.766. The van der Waals surface area contributed by atoms with Gasteiger partial charge in [-0.25, -0.2) is 13.8 Å². The Bertz CT molecular complexity index is 557. The van der Waals surface area contributed by atoms with Crippen LogP contribution in [0.5, 0.6) is 0 Å². The lowest BCUT2D eigenvalue weighted by Gasteiger charge is -2.26. The molecule has 0 aromatic heterocycles. The van der Waals surface area contributed by atoms with Gasteiger partial charge in [0.25, 0.3) is 10.0 Å². The maximum Gasteiger partial charge on any atom is 0.255 e. The van der Waals surface area contributed by atoms with Crippen LogP contribution in [0.4, 0.5) is 0 Å². The molecule has 1 unspecified atom stereocenters. The van der Waals surface area contributed by atoms with E-state index >= 15 is 0 Å². The molecule has 1 atom stereocenters. The summed E-state index contributed by atoms with van der Waals surface area (Å²) >= 11 is 11.9. The van der Waals surface area contributed by atoms with Gasteiger partial charge in [0.15, 0.2) is 0 Å². The molecule has 1 heterocycles. The summed E-state index contributed by atoms with van der Waals surface area (Å²) in [5.41, 5.74) is 4.05. The number of halogens is 2. The molecule has 0 saturated heterocycles. The number of fused-ring (bicyclic) bond motifs is 1. The monoisotopic (exact) mass is 280 g/mol. The van der Waals surface area contributed by atoms with Crippen LogP contribution in [0.2, 0.25) is 10.0 Å². The first-order chi connectivity index (χ1) is 7.34. The molecule has 2 N–H and O–H groups in total. The van der Waals surface area contributed by atoms with Crippen LogP contribution in [0.3, 0.4) is 0 Å². The molecule has 7 heteroatoms. The third-order valence-electron chi connectivity index (χ3n) is 2.52. The Kier molecular flexibility index (Phi) is 2.92. The first-order valence-corrected chi connectivity index (χ1v) is 6.84. The second-order valence-corrected chi connectivity index (χ2v) is 6.09. The maximum atomic E-state index is 11.8. The van der Waals surface area contributed by atoms with E-state index in [2.05, 4.69) is 10.3 Å². The molecular formula is C9H10Cl2N2O2S. The molecule has 2 rings (SSSR count). The Labute approximate surface area is 104 Å². The van der Waals surface area contributed by atoms with Crippen LogP contribution in [0.1, 0.15) is 24.1 Å². The fourth-order valence-electron chi connectivity index (χ4n) is 1.65. The van der Waals surface area contributed by atoms with E-state index in [1.54, 1.807) is 13.0 Å². The van der Waals surface area contributed by atoms with Crippen LogP contribution >= 0.6 is 23.2 Å². The van der Waals surface area contributed by atoms with E-state index in [0.717, 1.165) is 5.56 Å². The third-order valence-corrected chi connectivity index (χ3v) is 4.96. The molecule has 0 aliphatic carbocycles. The zero-order chi connectivity index (χ0) is 12.1. The van der Waals surface area contributed by atoms with Crippen molar-refractivity contribution in [3.8, 4) is 0 Å². The van der Waals surface area contributed by atoms with E-state index in [4.69, 9.17) is 23.2 Å². The molecule has 88 valence electrons. The van der Waals surface area contributed by atoms with Crippen molar-refractivity contribution in [1.82, 2.24) is 10.3 Å². The van der Waals surface area contributed by atoms with E-state index in [1.807, 2.05) is 6.92 Å². The Morgan fingerprint density at radius 2 is 1.94 bits per heavy atom. The first kappa shape index (κ1) is 12.1. The molecule has 1 aliphatic heterocycles. The Hall–Kier alpha value is -0.330. The lowest BCUT2D eigenvalue weighted by molar-refractivity contribution is 0.488. The highest BCUT2D eigenvalue weighted by Crippen LogP contribution is 2.38. The fraction of sp³-hybridized carbons (Fsp3) is 0.333. The minimum Gasteiger partial charge on any atom is -0.237 e. The van der Waals surface area contributed by atoms with Gasteiger partial charge in [0.05, 0.1) is 10.0 Å². The molecule has 0 amide bonds. The third kappa shape index (κ3) is 1.72. The topological polar surface area (TPSA) is 58.2 Å². The number of nitrogens with one attached hydrogen (secondary N) is 2. The SMILES string of the molecule is Cc1cc2c(c(Cl)c1Cl)S(=O)(=O)NNC2C. The van der Waals surface area contributed by atoms with Crippen molar-refractivity contribution in [2.24, 2.45) is 0 Å². The van der Waals surface area contributed by atoms with Gasteiger partial charge in [-0.15, -0.1) is 4.83 Å². The molecule has 1 aromatic carbocycles. The highest BCUT2D eigenvalue weighted by Gasteiger charge is 2.31. The summed E-state index contributed by atoms with van der Waals surface area (Å²) in [6.07, 6.45) is 0. The van der Waals surface area contributed by atoms with Gasteiger partial charge in [-0.2, -0.15) is 0 Å². The first-order valence-electron chi connectivity index (χ1n) is 4.60. The molecule has 4 nitrogen and oxygen atoms in total. The number of rotatable bonds is 0. The summed E-state index contributed by atoms with van der Waals surface area (Å²) < 4.78 is 23.6. The van der Waals surface area contributed by atoms with Crippen molar-refractivity contribution in [1.29, 1.82) is 0 Å². The summed E-state index contributed by atoms with van der Waals surface area (Å²) in [7, 11) is -3.62. The van der Waals surface area contributed by atoms with Gasteiger partial charge < -0.3 is 0 Å². The normalized spacial score (nSPS) is 22.9. The zero-order valence-electron chi connectivity index (χ0n) is 8.64. The van der Waals surface area contributed by atoms with E-state index in [-0.39, 0.29) is 21.0 Å². The van der Waals surface area contributed by atoms with Gasteiger partial charge >= 0.3 is 0 Å². The fourth-order valence-corrected chi connectivity index (χ4v) is 3.74. The van der Waals surface area contributed by atoms with Crippen LogP contribution in [0.15, 0.2) is 11.0 Å². The van der Waals surface area contributed by atoms with Crippen LogP contribution in [0.25, 0.3) is 0 Å². The second kappa shape index (κ2) is 3.85. The Morgan fingerprint density at radius 1 is 1.31 bits per heavy atom. The molecular weight excluding hydrogens is 271 g/mol. The van der Waals surface area contributed by atoms with Crippen molar-refractivity contribution in [3.63, 3.8) is 0 Å². The summed E-state index contributed by atoms with van der Waals surface area (Å²) in [5, 5.41) is 0.359. The van der Waals surface area contributed by atoms with E-state index in [0.29, 0.717) is 5.56 Å². The number of sulfonamides is 1. The van der Waals surface area contributed by atoms with Crippen molar-refractivity contribution >= 4 is 33.2 Å². The predicted octanol–water partition coefficient (Wildman–Crippen LogP) is 2.16. The van der Waals surface area contributed by atoms with Gasteiger partial charge in [0, 0.05) is 6.04 Å². The van der Waals surface area contributed by atoms with Crippen molar-refractivity contribution in [3.05, 3.63) is 27.2 Å². The number of aryl methyl sites for hydroxylation is 1. The average Bonchev–Trinajstić information content (AvgIpc) is 2.20. The molecule has 0 bridgehead atoms. The molecule has 0 spiro atoms. The molecule has 0 radical (unpaired) electrons. The minimum atomic E-state index is -3.62. The van der Waals surface area contributed by atoms with Gasteiger partial charge in [0.1, 0.15) is 4.90 Å². The largest absolute Gasteiger partial charge is 0.255 e. The molecule has 1 aliphatic rings. The molecule has 1 aromatic rings. The van der Waals surface area contributed by atoms with Crippen molar-refractivity contribution in [2.75, 3.05) is 0 Å². The lowest BCUT2D eigenvalue weighted by atomic mass is 10.1. The average molecular weight is 281 g/mol. The number of benzene rings is 1. The molecule has 0 saturated carbocycles. The molecule has 0 fully saturated rings. The number of hydrogen-bond donors (Lipinski definition) is 2. The van der Waals surface area contributed by atoms with Gasteiger partial charge in [0.2, 0.25) is 0 Å². The summed E-state index contributed by atoms with van der Waals surface area (Å²) in [6, 6.07) is 1.59. The number of hydrogen-bond acceptors (Lipinski definition) is 3. The van der Waals surface area contributed by atoms with Crippen LogP contribution in [-0.4, -0.2) is 8.42 Å². The second-order valence-electron chi connectivity index (χ2n) is 3.71. The van der Waals surface area contributed by atoms with E-state index in [1.165, 1.54) is 0 Å². The van der Waals surface area contributed by atoms with E-state index in [9.17, 15) is 8.42 Å². The summed E-state index contributed by atoms with van der Waals surface area (Å²) in [5.74, 6) is 0. The van der Waals surface area contributed by atoms with Crippen LogP contribution in [-0.2, 0) is 10.0 Å². The van der Waals surface area contributed by atoms with Crippen molar-refractivity contribution < 1.29 is 8.42 Å². The van der Waals surface area contributed by atoms with Crippen LogP contribution < -0.4 is 10.3 Å². The zero-order valence-corrected chi connectivity index (χ0v) is 11.0. The highest BCUT2D eigenvalue weighted by atomic mass is 35.5. The van der Waals surface area contributed by atoms with Gasteiger partial charge in [-0.3, -0.25) is 0 Å². The molecule has 16 heavy (non-hydrogen) atoms. The maximum absolute atomic E-state index is 11.8. The van der Waals surface area contributed by atoms with Crippen LogP contribution in [0, 0.1) is 6.92 Å². The van der Waals surface area contributed by atoms with Crippen molar-refractivity contribution in [2.45, 2.75) is 24.8 Å². The summed E-state index contributed by atoms with van der Waals surface area (Å²) in [6.45, 7) is 3.63. The Balaban J connectivity index is 2.86. The smallest absolute Gasteiger partial charge is 0.237 e. The predicted molar refractivity (Wildman–Crippen MR) is 63.1 cm³/mol. The minimum absolute atomic E-state index is 0.0658. The van der Waals surface area contributed by atoms with E-state index < -0.39 is 10.0 Å². The summed E-state index contributed by atoms with van der Waals surface area (Å²) in [4.78, 5) is 2.30. The highest BCUT2D eigenvalue weighted by molar-refractivity contribution is 7.89. The Morgan fingerprint density at radius 3 is 2.56 bits per heavy atom. The standard InChI is InChI=1S/C9H10Cl2N2O2S/c1-4-3-6-5(2)12-13-16(14,15)9(6)8(11)7(4)10/h3,5,12-13H,1-2H3. The van der Waals surface area contributed by atoms with Gasteiger partial charge in [-0.1, -0.05) is 29.3 Å².